The molecule has 1 aliphatic carbocycles. The molecule has 5 heteroatoms. The molecule has 0 aromatic heterocycles. The molecule has 2 aromatic carbocycles. The van der Waals surface area contributed by atoms with E-state index in [1.807, 2.05) is 31.2 Å². The van der Waals surface area contributed by atoms with Gasteiger partial charge in [0.15, 0.2) is 0 Å². The Morgan fingerprint density at radius 2 is 1.69 bits per heavy atom. The van der Waals surface area contributed by atoms with Gasteiger partial charge >= 0.3 is 0 Å². The quantitative estimate of drug-likeness (QED) is 0.805. The lowest BCUT2D eigenvalue weighted by atomic mass is 10.1. The molecule has 0 radical (unpaired) electrons. The van der Waals surface area contributed by atoms with Crippen LogP contribution in [0.5, 0.6) is 0 Å². The van der Waals surface area contributed by atoms with Crippen LogP contribution in [0.1, 0.15) is 24.5 Å². The Morgan fingerprint density at radius 3 is 2.31 bits per heavy atom. The van der Waals surface area contributed by atoms with E-state index in [2.05, 4.69) is 42.7 Å². The topological polar surface area (TPSA) is 58.2 Å². The number of hydrogen-bond acceptors (Lipinski definition) is 3. The van der Waals surface area contributed by atoms with Crippen molar-refractivity contribution < 1.29 is 9.59 Å². The summed E-state index contributed by atoms with van der Waals surface area (Å²) < 4.78 is 0. The van der Waals surface area contributed by atoms with Gasteiger partial charge in [0.05, 0.1) is 6.54 Å². The molecule has 0 spiro atoms. The van der Waals surface area contributed by atoms with Crippen LogP contribution in [-0.4, -0.2) is 18.4 Å². The minimum atomic E-state index is -0.207. The van der Waals surface area contributed by atoms with E-state index >= 15 is 0 Å². The Hall–Kier alpha value is -2.27. The Bertz CT molecular complexity index is 817. The lowest BCUT2D eigenvalue weighted by Crippen LogP contribution is -2.34. The van der Waals surface area contributed by atoms with Crippen LogP contribution in [0.25, 0.3) is 0 Å². The van der Waals surface area contributed by atoms with E-state index in [4.69, 9.17) is 0 Å². The Kier molecular flexibility index (Phi) is 5.67. The zero-order valence-corrected chi connectivity index (χ0v) is 16.2. The average molecular weight is 369 g/mol. The fourth-order valence-electron chi connectivity index (χ4n) is 2.71. The summed E-state index contributed by atoms with van der Waals surface area (Å²) in [5, 5.41) is 5.51. The van der Waals surface area contributed by atoms with Gasteiger partial charge < -0.3 is 10.6 Å². The van der Waals surface area contributed by atoms with Crippen molar-refractivity contribution >= 4 is 29.3 Å². The van der Waals surface area contributed by atoms with Crippen LogP contribution < -0.4 is 10.6 Å². The number of nitrogens with one attached hydrogen (secondary N) is 2. The molecular weight excluding hydrogens is 344 g/mol. The van der Waals surface area contributed by atoms with E-state index in [1.54, 1.807) is 11.8 Å². The maximum atomic E-state index is 12.0. The van der Waals surface area contributed by atoms with Crippen molar-refractivity contribution in [2.24, 2.45) is 11.8 Å². The zero-order chi connectivity index (χ0) is 18.7. The van der Waals surface area contributed by atoms with Gasteiger partial charge in [0, 0.05) is 21.4 Å². The van der Waals surface area contributed by atoms with E-state index in [0.29, 0.717) is 5.92 Å². The second-order valence-corrected chi connectivity index (χ2v) is 8.10. The summed E-state index contributed by atoms with van der Waals surface area (Å²) in [7, 11) is 0. The number of benzene rings is 2. The molecule has 4 nitrogen and oxygen atoms in total. The third-order valence-corrected chi connectivity index (χ3v) is 5.72. The van der Waals surface area contributed by atoms with Crippen LogP contribution in [0.2, 0.25) is 0 Å². The fraction of sp³-hybridized carbons (Fsp3) is 0.333. The third-order valence-electron chi connectivity index (χ3n) is 4.72. The second-order valence-electron chi connectivity index (χ2n) is 6.96. The van der Waals surface area contributed by atoms with Gasteiger partial charge in [-0.1, -0.05) is 24.8 Å². The SMILES string of the molecule is Cc1ccc(Sc2ccc(NC(=O)CNC(=O)[C@H]3C[C@@H]3C)cc2)cc1C. The van der Waals surface area contributed by atoms with E-state index in [1.165, 1.54) is 16.0 Å². The van der Waals surface area contributed by atoms with Gasteiger partial charge in [-0.15, -0.1) is 0 Å². The van der Waals surface area contributed by atoms with E-state index in [-0.39, 0.29) is 24.3 Å². The molecule has 26 heavy (non-hydrogen) atoms. The molecule has 136 valence electrons. The Morgan fingerprint density at radius 1 is 1.04 bits per heavy atom. The summed E-state index contributed by atoms with van der Waals surface area (Å²) in [4.78, 5) is 26.0. The maximum Gasteiger partial charge on any atom is 0.243 e. The van der Waals surface area contributed by atoms with Gasteiger partial charge in [-0.2, -0.15) is 0 Å². The van der Waals surface area contributed by atoms with Gasteiger partial charge in [-0.3, -0.25) is 9.59 Å². The van der Waals surface area contributed by atoms with Crippen molar-refractivity contribution in [1.82, 2.24) is 5.32 Å². The largest absolute Gasteiger partial charge is 0.347 e. The molecule has 0 unspecified atom stereocenters. The fourth-order valence-corrected chi connectivity index (χ4v) is 3.63. The van der Waals surface area contributed by atoms with Gasteiger partial charge in [-0.25, -0.2) is 0 Å². The first kappa shape index (κ1) is 18.5. The van der Waals surface area contributed by atoms with Gasteiger partial charge in [-0.05, 0) is 73.7 Å². The first-order chi connectivity index (χ1) is 12.4. The number of rotatable bonds is 6. The van der Waals surface area contributed by atoms with E-state index in [9.17, 15) is 9.59 Å². The highest BCUT2D eigenvalue weighted by Crippen LogP contribution is 2.37. The van der Waals surface area contributed by atoms with Crippen molar-refractivity contribution in [3.63, 3.8) is 0 Å². The van der Waals surface area contributed by atoms with Crippen LogP contribution >= 0.6 is 11.8 Å². The highest BCUT2D eigenvalue weighted by Gasteiger charge is 2.38. The van der Waals surface area contributed by atoms with E-state index < -0.39 is 0 Å². The predicted octanol–water partition coefficient (Wildman–Crippen LogP) is 4.17. The van der Waals surface area contributed by atoms with Crippen LogP contribution in [0, 0.1) is 25.7 Å². The van der Waals surface area contributed by atoms with Gasteiger partial charge in [0.2, 0.25) is 11.8 Å². The number of aryl methyl sites for hydroxylation is 2. The lowest BCUT2D eigenvalue weighted by Gasteiger charge is -2.08. The van der Waals surface area contributed by atoms with Gasteiger partial charge in [0.25, 0.3) is 0 Å². The molecule has 2 amide bonds. The second kappa shape index (κ2) is 7.96. The van der Waals surface area contributed by atoms with Crippen molar-refractivity contribution in [2.45, 2.75) is 37.0 Å². The maximum absolute atomic E-state index is 12.0. The minimum Gasteiger partial charge on any atom is -0.347 e. The van der Waals surface area contributed by atoms with Crippen LogP contribution in [0.15, 0.2) is 52.3 Å². The smallest absolute Gasteiger partial charge is 0.243 e. The van der Waals surface area contributed by atoms with Gasteiger partial charge in [0.1, 0.15) is 0 Å². The zero-order valence-electron chi connectivity index (χ0n) is 15.3. The Balaban J connectivity index is 1.49. The molecular formula is C21H24N2O2S. The molecule has 3 rings (SSSR count). The number of carbonyl (C=O) groups is 2. The van der Waals surface area contributed by atoms with Crippen LogP contribution in [-0.2, 0) is 9.59 Å². The monoisotopic (exact) mass is 368 g/mol. The van der Waals surface area contributed by atoms with Crippen molar-refractivity contribution in [3.8, 4) is 0 Å². The predicted molar refractivity (Wildman–Crippen MR) is 105 cm³/mol. The summed E-state index contributed by atoms with van der Waals surface area (Å²) in [6.45, 7) is 6.28. The highest BCUT2D eigenvalue weighted by molar-refractivity contribution is 7.99. The summed E-state index contributed by atoms with van der Waals surface area (Å²) in [5.74, 6) is 0.305. The lowest BCUT2D eigenvalue weighted by molar-refractivity contribution is -0.125. The Labute approximate surface area is 158 Å². The average Bonchev–Trinajstić information content (AvgIpc) is 3.35. The third kappa shape index (κ3) is 4.88. The first-order valence-electron chi connectivity index (χ1n) is 8.85. The van der Waals surface area contributed by atoms with Crippen molar-refractivity contribution in [2.75, 3.05) is 11.9 Å². The van der Waals surface area contributed by atoms with Crippen molar-refractivity contribution in [3.05, 3.63) is 53.6 Å². The minimum absolute atomic E-state index is 0.0151. The summed E-state index contributed by atoms with van der Waals surface area (Å²) in [6.07, 6.45) is 0.924. The number of hydrogen-bond donors (Lipinski definition) is 2. The molecule has 0 bridgehead atoms. The van der Waals surface area contributed by atoms with Crippen LogP contribution in [0.3, 0.4) is 0 Å². The summed E-state index contributed by atoms with van der Waals surface area (Å²) in [6, 6.07) is 14.2. The molecule has 2 N–H and O–H groups in total. The summed E-state index contributed by atoms with van der Waals surface area (Å²) in [5.41, 5.74) is 3.30. The van der Waals surface area contributed by atoms with Crippen LogP contribution in [0.4, 0.5) is 5.69 Å². The molecule has 0 aliphatic heterocycles. The molecule has 2 atom stereocenters. The molecule has 1 aliphatic rings. The van der Waals surface area contributed by atoms with E-state index in [0.717, 1.165) is 17.0 Å². The molecule has 0 heterocycles. The normalized spacial score (nSPS) is 18.3. The number of amides is 2. The molecule has 1 fully saturated rings. The first-order valence-corrected chi connectivity index (χ1v) is 9.67. The highest BCUT2D eigenvalue weighted by atomic mass is 32.2. The molecule has 1 saturated carbocycles. The number of carbonyl (C=O) groups excluding carboxylic acids is 2. The number of anilines is 1. The summed E-state index contributed by atoms with van der Waals surface area (Å²) >= 11 is 1.69. The van der Waals surface area contributed by atoms with Crippen molar-refractivity contribution in [1.29, 1.82) is 0 Å². The standard InChI is InChI=1S/C21H24N2O2S/c1-13-4-7-18(10-14(13)2)26-17-8-5-16(6-9-17)23-20(24)12-22-21(25)19-11-15(19)3/h4-10,15,19H,11-12H2,1-3H3,(H,22,25)(H,23,24)/t15-,19-/m0/s1. The molecule has 2 aromatic rings. The molecule has 0 saturated heterocycles.